The molecule has 6 nitrogen and oxygen atoms in total. The van der Waals surface area contributed by atoms with Gasteiger partial charge in [0, 0.05) is 28.4 Å². The first-order valence-electron chi connectivity index (χ1n) is 9.66. The number of rotatable bonds is 4. The third-order valence-electron chi connectivity index (χ3n) is 4.94. The lowest BCUT2D eigenvalue weighted by molar-refractivity contribution is 0.0999. The maximum Gasteiger partial charge on any atom is 0.292 e. The summed E-state index contributed by atoms with van der Waals surface area (Å²) in [4.78, 5) is 13.1. The molecule has 5 aromatic rings. The van der Waals surface area contributed by atoms with E-state index in [1.165, 1.54) is 0 Å². The number of nitrogens with zero attached hydrogens (tertiary/aromatic N) is 3. The zero-order valence-corrected chi connectivity index (χ0v) is 16.3. The van der Waals surface area contributed by atoms with Gasteiger partial charge < -0.3 is 9.73 Å². The highest BCUT2D eigenvalue weighted by atomic mass is 16.3. The van der Waals surface area contributed by atoms with Gasteiger partial charge in [0.1, 0.15) is 5.58 Å². The van der Waals surface area contributed by atoms with E-state index in [2.05, 4.69) is 16.5 Å². The monoisotopic (exact) mass is 404 g/mol. The van der Waals surface area contributed by atoms with Crippen LogP contribution in [0.15, 0.2) is 95.7 Å². The summed E-state index contributed by atoms with van der Waals surface area (Å²) in [5.74, 6) is -0.204. The third kappa shape index (κ3) is 3.45. The summed E-state index contributed by atoms with van der Waals surface area (Å²) in [6.07, 6.45) is 3.59. The number of furan rings is 1. The molecule has 0 aliphatic rings. The van der Waals surface area contributed by atoms with Crippen molar-refractivity contribution in [3.05, 3.63) is 103 Å². The number of carbonyl (C=O) groups excluding carboxylic acids is 1. The molecule has 0 aliphatic carbocycles. The van der Waals surface area contributed by atoms with Gasteiger partial charge in [0.15, 0.2) is 0 Å². The minimum absolute atomic E-state index is 0.191. The molecule has 2 heterocycles. The van der Waals surface area contributed by atoms with Crippen molar-refractivity contribution in [1.82, 2.24) is 9.78 Å². The van der Waals surface area contributed by atoms with Crippen LogP contribution in [-0.4, -0.2) is 15.7 Å². The number of benzene rings is 3. The van der Waals surface area contributed by atoms with Crippen LogP contribution in [0.5, 0.6) is 0 Å². The van der Waals surface area contributed by atoms with Crippen molar-refractivity contribution < 1.29 is 9.21 Å². The molecule has 0 bridgehead atoms. The fraction of sp³-hybridized carbons (Fsp3) is 0. The second kappa shape index (κ2) is 7.65. The first kappa shape index (κ1) is 18.4. The number of hydrogen-bond acceptors (Lipinski definition) is 4. The van der Waals surface area contributed by atoms with Gasteiger partial charge in [-0.2, -0.15) is 10.4 Å². The SMILES string of the molecule is N#Cc1cccc(NC(=O)c2oc3ccccc3c2-c2cnn(-c3ccccc3)c2)c1. The number of amides is 1. The number of anilines is 1. The van der Waals surface area contributed by atoms with Crippen LogP contribution in [0, 0.1) is 11.3 Å². The summed E-state index contributed by atoms with van der Waals surface area (Å²) in [5.41, 5.74) is 3.96. The predicted octanol–water partition coefficient (Wildman–Crippen LogP) is 5.41. The molecule has 0 spiro atoms. The van der Waals surface area contributed by atoms with E-state index < -0.39 is 5.91 Å². The van der Waals surface area contributed by atoms with Gasteiger partial charge in [0.2, 0.25) is 5.76 Å². The molecule has 0 fully saturated rings. The molecule has 1 amide bonds. The zero-order chi connectivity index (χ0) is 21.2. The van der Waals surface area contributed by atoms with Crippen molar-refractivity contribution in [3.63, 3.8) is 0 Å². The molecule has 31 heavy (non-hydrogen) atoms. The van der Waals surface area contributed by atoms with Crippen molar-refractivity contribution in [2.75, 3.05) is 5.32 Å². The standard InChI is InChI=1S/C25H16N4O2/c26-14-17-7-6-8-19(13-17)28-25(30)24-23(21-11-4-5-12-22(21)31-24)18-15-27-29(16-18)20-9-2-1-3-10-20/h1-13,15-16H,(H,28,30). The van der Waals surface area contributed by atoms with Crippen LogP contribution in [0.1, 0.15) is 16.1 Å². The smallest absolute Gasteiger partial charge is 0.292 e. The number of para-hydroxylation sites is 2. The topological polar surface area (TPSA) is 83.8 Å². The number of aromatic nitrogens is 2. The summed E-state index contributed by atoms with van der Waals surface area (Å²) in [7, 11) is 0. The molecular formula is C25H16N4O2. The number of hydrogen-bond donors (Lipinski definition) is 1. The van der Waals surface area contributed by atoms with Crippen molar-refractivity contribution in [3.8, 4) is 22.9 Å². The van der Waals surface area contributed by atoms with Crippen molar-refractivity contribution >= 4 is 22.6 Å². The van der Waals surface area contributed by atoms with Crippen LogP contribution >= 0.6 is 0 Å². The van der Waals surface area contributed by atoms with Crippen molar-refractivity contribution in [2.45, 2.75) is 0 Å². The Morgan fingerprint density at radius 3 is 2.65 bits per heavy atom. The lowest BCUT2D eigenvalue weighted by Gasteiger charge is -2.05. The Kier molecular flexibility index (Phi) is 4.54. The highest BCUT2D eigenvalue weighted by molar-refractivity contribution is 6.12. The fourth-order valence-corrected chi connectivity index (χ4v) is 3.52. The summed E-state index contributed by atoms with van der Waals surface area (Å²) in [6.45, 7) is 0. The quantitative estimate of drug-likeness (QED) is 0.434. The van der Waals surface area contributed by atoms with Crippen molar-refractivity contribution in [1.29, 1.82) is 5.26 Å². The van der Waals surface area contributed by atoms with Crippen LogP contribution in [0.25, 0.3) is 27.8 Å². The second-order valence-corrected chi connectivity index (χ2v) is 6.96. The summed E-state index contributed by atoms with van der Waals surface area (Å²) in [6, 6.07) is 26.1. The Morgan fingerprint density at radius 2 is 1.81 bits per heavy atom. The molecule has 0 unspecified atom stereocenters. The van der Waals surface area contributed by atoms with Crippen LogP contribution in [0.4, 0.5) is 5.69 Å². The van der Waals surface area contributed by atoms with E-state index in [1.807, 2.05) is 60.8 Å². The number of nitriles is 1. The third-order valence-corrected chi connectivity index (χ3v) is 4.94. The van der Waals surface area contributed by atoms with E-state index in [4.69, 9.17) is 9.68 Å². The Balaban J connectivity index is 1.58. The van der Waals surface area contributed by atoms with E-state index in [0.29, 0.717) is 22.4 Å². The minimum atomic E-state index is -0.395. The van der Waals surface area contributed by atoms with Crippen LogP contribution < -0.4 is 5.32 Å². The van der Waals surface area contributed by atoms with Gasteiger partial charge >= 0.3 is 0 Å². The molecule has 148 valence electrons. The number of fused-ring (bicyclic) bond motifs is 1. The Hall–Kier alpha value is -4.63. The zero-order valence-electron chi connectivity index (χ0n) is 16.3. The van der Waals surface area contributed by atoms with Crippen LogP contribution in [0.3, 0.4) is 0 Å². The molecule has 0 radical (unpaired) electrons. The highest BCUT2D eigenvalue weighted by Crippen LogP contribution is 2.35. The van der Waals surface area contributed by atoms with Gasteiger partial charge in [-0.15, -0.1) is 0 Å². The molecule has 0 saturated carbocycles. The molecule has 1 N–H and O–H groups in total. The maximum absolute atomic E-state index is 13.1. The van der Waals surface area contributed by atoms with Gasteiger partial charge in [-0.25, -0.2) is 4.68 Å². The normalized spacial score (nSPS) is 10.7. The molecule has 0 aliphatic heterocycles. The van der Waals surface area contributed by atoms with E-state index in [1.54, 1.807) is 35.1 Å². The lowest BCUT2D eigenvalue weighted by Crippen LogP contribution is -2.12. The Morgan fingerprint density at radius 1 is 1.00 bits per heavy atom. The minimum Gasteiger partial charge on any atom is -0.450 e. The first-order valence-corrected chi connectivity index (χ1v) is 9.66. The molecule has 0 atom stereocenters. The molecule has 5 rings (SSSR count). The average Bonchev–Trinajstić information content (AvgIpc) is 3.44. The molecule has 0 saturated heterocycles. The van der Waals surface area contributed by atoms with Crippen LogP contribution in [-0.2, 0) is 0 Å². The van der Waals surface area contributed by atoms with E-state index in [-0.39, 0.29) is 5.76 Å². The number of carbonyl (C=O) groups is 1. The highest BCUT2D eigenvalue weighted by Gasteiger charge is 2.23. The van der Waals surface area contributed by atoms with E-state index in [9.17, 15) is 4.79 Å². The molecule has 2 aromatic heterocycles. The maximum atomic E-state index is 13.1. The molecule has 3 aromatic carbocycles. The Labute approximate surface area is 178 Å². The van der Waals surface area contributed by atoms with Gasteiger partial charge in [0.05, 0.1) is 23.5 Å². The lowest BCUT2D eigenvalue weighted by atomic mass is 10.0. The van der Waals surface area contributed by atoms with E-state index >= 15 is 0 Å². The average molecular weight is 404 g/mol. The predicted molar refractivity (Wildman–Crippen MR) is 118 cm³/mol. The van der Waals surface area contributed by atoms with E-state index in [0.717, 1.165) is 16.6 Å². The summed E-state index contributed by atoms with van der Waals surface area (Å²) < 4.78 is 7.70. The van der Waals surface area contributed by atoms with Gasteiger partial charge in [-0.1, -0.05) is 42.5 Å². The van der Waals surface area contributed by atoms with Gasteiger partial charge in [0.25, 0.3) is 5.91 Å². The largest absolute Gasteiger partial charge is 0.450 e. The molecular weight excluding hydrogens is 388 g/mol. The van der Waals surface area contributed by atoms with Gasteiger partial charge in [-0.3, -0.25) is 4.79 Å². The van der Waals surface area contributed by atoms with Gasteiger partial charge in [-0.05, 0) is 36.4 Å². The molecule has 6 heteroatoms. The summed E-state index contributed by atoms with van der Waals surface area (Å²) in [5, 5.41) is 17.2. The fourth-order valence-electron chi connectivity index (χ4n) is 3.52. The number of nitrogens with one attached hydrogen (secondary N) is 1. The first-order chi connectivity index (χ1) is 15.2. The summed E-state index contributed by atoms with van der Waals surface area (Å²) >= 11 is 0. The second-order valence-electron chi connectivity index (χ2n) is 6.96. The Bertz CT molecular complexity index is 1440. The van der Waals surface area contributed by atoms with Crippen LogP contribution in [0.2, 0.25) is 0 Å². The van der Waals surface area contributed by atoms with Crippen molar-refractivity contribution in [2.24, 2.45) is 0 Å².